The van der Waals surface area contributed by atoms with Gasteiger partial charge in [-0.3, -0.25) is 9.36 Å². The smallest absolute Gasteiger partial charge is 0.162 e. The number of epoxide rings is 1. The van der Waals surface area contributed by atoms with Crippen LogP contribution in [0.1, 0.15) is 34.5 Å². The highest BCUT2D eigenvalue weighted by molar-refractivity contribution is 5.36. The van der Waals surface area contributed by atoms with Gasteiger partial charge in [0, 0.05) is 24.9 Å². The van der Waals surface area contributed by atoms with Crippen molar-refractivity contribution in [3.63, 3.8) is 0 Å². The molecule has 8 heteroatoms. The molecule has 4 heterocycles. The van der Waals surface area contributed by atoms with Crippen molar-refractivity contribution in [2.75, 3.05) is 5.32 Å². The molecule has 2 atom stereocenters. The number of hydrogen-bond acceptors (Lipinski definition) is 6. The van der Waals surface area contributed by atoms with Crippen LogP contribution in [-0.4, -0.2) is 30.9 Å². The van der Waals surface area contributed by atoms with Gasteiger partial charge >= 0.3 is 0 Å². The number of ether oxygens (including phenoxy) is 1. The van der Waals surface area contributed by atoms with E-state index in [0.717, 1.165) is 34.2 Å². The molecule has 126 valence electrons. The predicted octanol–water partition coefficient (Wildman–Crippen LogP) is 2.09. The SMILES string of the molecule is Cc1cc(C2O[C@@H]2Nc2ccn(Cc3c(C)noc3C)n2)n(C)n1. The van der Waals surface area contributed by atoms with Crippen LogP contribution < -0.4 is 5.32 Å². The summed E-state index contributed by atoms with van der Waals surface area (Å²) in [6.45, 7) is 6.47. The van der Waals surface area contributed by atoms with Crippen LogP contribution >= 0.6 is 0 Å². The third-order valence-electron chi connectivity index (χ3n) is 4.25. The minimum atomic E-state index is -0.0674. The molecule has 1 aliphatic heterocycles. The van der Waals surface area contributed by atoms with E-state index in [-0.39, 0.29) is 12.3 Å². The van der Waals surface area contributed by atoms with Crippen LogP contribution in [0.5, 0.6) is 0 Å². The molecule has 0 amide bonds. The Labute approximate surface area is 139 Å². The van der Waals surface area contributed by atoms with E-state index in [1.165, 1.54) is 0 Å². The Bertz CT molecular complexity index is 858. The molecule has 8 nitrogen and oxygen atoms in total. The number of rotatable bonds is 5. The summed E-state index contributed by atoms with van der Waals surface area (Å²) in [5.41, 5.74) is 4.02. The lowest BCUT2D eigenvalue weighted by Gasteiger charge is -2.01. The summed E-state index contributed by atoms with van der Waals surface area (Å²) in [6, 6.07) is 3.98. The maximum atomic E-state index is 5.71. The number of nitrogens with zero attached hydrogens (tertiary/aromatic N) is 5. The zero-order chi connectivity index (χ0) is 16.8. The van der Waals surface area contributed by atoms with Gasteiger partial charge in [-0.1, -0.05) is 5.16 Å². The van der Waals surface area contributed by atoms with E-state index in [2.05, 4.69) is 20.7 Å². The van der Waals surface area contributed by atoms with Crippen LogP contribution in [0.4, 0.5) is 5.82 Å². The number of hydrogen-bond donors (Lipinski definition) is 1. The summed E-state index contributed by atoms with van der Waals surface area (Å²) in [6.07, 6.45) is 1.88. The predicted molar refractivity (Wildman–Crippen MR) is 86.5 cm³/mol. The Kier molecular flexibility index (Phi) is 3.42. The Balaban J connectivity index is 1.41. The largest absolute Gasteiger partial charge is 0.361 e. The molecule has 4 rings (SSSR count). The second kappa shape index (κ2) is 5.48. The van der Waals surface area contributed by atoms with Crippen LogP contribution in [0, 0.1) is 20.8 Å². The molecule has 3 aromatic heterocycles. The molecular weight excluding hydrogens is 308 g/mol. The third kappa shape index (κ3) is 2.69. The standard InChI is InChI=1S/C16H20N6O2/c1-9-7-13(21(4)18-9)15-16(23-15)17-14-5-6-22(19-14)8-12-10(2)20-24-11(12)3/h5-7,15-16H,8H2,1-4H3,(H,17,19)/t15?,16-/m0/s1. The maximum Gasteiger partial charge on any atom is 0.162 e. The molecule has 0 saturated carbocycles. The van der Waals surface area contributed by atoms with Gasteiger partial charge < -0.3 is 14.6 Å². The fourth-order valence-electron chi connectivity index (χ4n) is 2.91. The average molecular weight is 328 g/mol. The molecule has 24 heavy (non-hydrogen) atoms. The van der Waals surface area contributed by atoms with Crippen molar-refractivity contribution in [1.82, 2.24) is 24.7 Å². The molecule has 0 aliphatic carbocycles. The van der Waals surface area contributed by atoms with Crippen molar-refractivity contribution in [2.45, 2.75) is 39.6 Å². The highest BCUT2D eigenvalue weighted by Gasteiger charge is 2.42. The Morgan fingerprint density at radius 3 is 2.75 bits per heavy atom. The Morgan fingerprint density at radius 1 is 1.25 bits per heavy atom. The summed E-state index contributed by atoms with van der Waals surface area (Å²) in [4.78, 5) is 0. The summed E-state index contributed by atoms with van der Waals surface area (Å²) < 4.78 is 14.6. The highest BCUT2D eigenvalue weighted by atomic mass is 16.6. The zero-order valence-electron chi connectivity index (χ0n) is 14.1. The van der Waals surface area contributed by atoms with Crippen molar-refractivity contribution in [1.29, 1.82) is 0 Å². The van der Waals surface area contributed by atoms with Gasteiger partial charge in [-0.25, -0.2) is 0 Å². The normalized spacial score (nSPS) is 19.7. The molecule has 0 radical (unpaired) electrons. The number of anilines is 1. The van der Waals surface area contributed by atoms with Gasteiger partial charge in [0.25, 0.3) is 0 Å². The van der Waals surface area contributed by atoms with Crippen molar-refractivity contribution in [3.8, 4) is 0 Å². The number of aromatic nitrogens is 5. The van der Waals surface area contributed by atoms with Gasteiger partial charge in [0.1, 0.15) is 17.7 Å². The lowest BCUT2D eigenvalue weighted by atomic mass is 10.2. The van der Waals surface area contributed by atoms with Gasteiger partial charge in [0.05, 0.1) is 23.6 Å². The van der Waals surface area contributed by atoms with Crippen LogP contribution in [0.25, 0.3) is 0 Å². The first-order valence-electron chi connectivity index (χ1n) is 7.89. The molecule has 1 fully saturated rings. The minimum absolute atomic E-state index is 0.0175. The van der Waals surface area contributed by atoms with Gasteiger partial charge in [-0.15, -0.1) is 0 Å². The van der Waals surface area contributed by atoms with Crippen molar-refractivity contribution in [3.05, 3.63) is 46.7 Å². The van der Waals surface area contributed by atoms with Gasteiger partial charge in [-0.05, 0) is 26.8 Å². The van der Waals surface area contributed by atoms with Crippen molar-refractivity contribution in [2.24, 2.45) is 7.05 Å². The molecule has 0 bridgehead atoms. The zero-order valence-corrected chi connectivity index (χ0v) is 14.1. The van der Waals surface area contributed by atoms with E-state index >= 15 is 0 Å². The van der Waals surface area contributed by atoms with E-state index in [9.17, 15) is 0 Å². The van der Waals surface area contributed by atoms with Crippen LogP contribution in [-0.2, 0) is 18.3 Å². The topological polar surface area (TPSA) is 86.2 Å². The first kappa shape index (κ1) is 14.9. The monoisotopic (exact) mass is 328 g/mol. The van der Waals surface area contributed by atoms with Gasteiger partial charge in [0.15, 0.2) is 6.23 Å². The fourth-order valence-corrected chi connectivity index (χ4v) is 2.91. The lowest BCUT2D eigenvalue weighted by Crippen LogP contribution is -2.08. The Hall–Kier alpha value is -2.61. The van der Waals surface area contributed by atoms with Gasteiger partial charge in [0.2, 0.25) is 0 Å². The molecule has 0 aromatic carbocycles. The second-order valence-electron chi connectivity index (χ2n) is 6.16. The maximum absolute atomic E-state index is 5.71. The van der Waals surface area contributed by atoms with E-state index in [0.29, 0.717) is 6.54 Å². The molecule has 3 aromatic rings. The molecule has 1 N–H and O–H groups in total. The Morgan fingerprint density at radius 2 is 2.08 bits per heavy atom. The summed E-state index contributed by atoms with van der Waals surface area (Å²) in [5.74, 6) is 1.61. The van der Waals surface area contributed by atoms with Gasteiger partial charge in [-0.2, -0.15) is 10.2 Å². The first-order chi connectivity index (χ1) is 11.5. The van der Waals surface area contributed by atoms with Crippen molar-refractivity contribution < 1.29 is 9.26 Å². The molecular formula is C16H20N6O2. The van der Waals surface area contributed by atoms with E-state index in [4.69, 9.17) is 9.26 Å². The lowest BCUT2D eigenvalue weighted by molar-refractivity contribution is 0.378. The molecule has 1 aliphatic rings. The highest BCUT2D eigenvalue weighted by Crippen LogP contribution is 2.38. The molecule has 1 saturated heterocycles. The minimum Gasteiger partial charge on any atom is -0.361 e. The van der Waals surface area contributed by atoms with Crippen LogP contribution in [0.2, 0.25) is 0 Å². The second-order valence-corrected chi connectivity index (χ2v) is 6.16. The summed E-state index contributed by atoms with van der Waals surface area (Å²) in [7, 11) is 1.93. The van der Waals surface area contributed by atoms with E-state index in [1.54, 1.807) is 0 Å². The third-order valence-corrected chi connectivity index (χ3v) is 4.25. The average Bonchev–Trinajstić information content (AvgIpc) is 2.81. The summed E-state index contributed by atoms with van der Waals surface area (Å²) in [5, 5.41) is 16.2. The molecule has 1 unspecified atom stereocenters. The van der Waals surface area contributed by atoms with Crippen molar-refractivity contribution >= 4 is 5.82 Å². The number of nitrogens with one attached hydrogen (secondary N) is 1. The fraction of sp³-hybridized carbons (Fsp3) is 0.438. The molecule has 0 spiro atoms. The van der Waals surface area contributed by atoms with E-state index in [1.807, 2.05) is 55.5 Å². The van der Waals surface area contributed by atoms with Crippen LogP contribution in [0.3, 0.4) is 0 Å². The van der Waals surface area contributed by atoms with Crippen LogP contribution in [0.15, 0.2) is 22.9 Å². The first-order valence-corrected chi connectivity index (χ1v) is 7.89. The quantitative estimate of drug-likeness (QED) is 0.722. The number of aryl methyl sites for hydroxylation is 4. The summed E-state index contributed by atoms with van der Waals surface area (Å²) >= 11 is 0. The van der Waals surface area contributed by atoms with E-state index < -0.39 is 0 Å².